The number of piperidine rings is 1. The number of piperazine rings is 1. The third-order valence-electron chi connectivity index (χ3n) is 7.13. The molecule has 2 aliphatic heterocycles. The molecule has 5 rings (SSSR count). The number of pyridine rings is 2. The SMILES string of the molecule is COC[C@H]1CN(c2cnc(C3CCN(c4cc(C)nc5c4cnn5C)CC3)c(C)c2)CCN1. The van der Waals surface area contributed by atoms with Crippen molar-refractivity contribution in [3.05, 3.63) is 41.5 Å². The highest BCUT2D eigenvalue weighted by atomic mass is 16.5. The van der Waals surface area contributed by atoms with Crippen molar-refractivity contribution < 1.29 is 4.74 Å². The number of hydrogen-bond acceptors (Lipinski definition) is 7. The molecule has 2 saturated heterocycles. The molecular formula is C25H35N7O. The molecule has 1 N–H and O–H groups in total. The largest absolute Gasteiger partial charge is 0.383 e. The second-order valence-electron chi connectivity index (χ2n) is 9.50. The lowest BCUT2D eigenvalue weighted by molar-refractivity contribution is 0.163. The Morgan fingerprint density at radius 1 is 1.09 bits per heavy atom. The maximum absolute atomic E-state index is 5.34. The zero-order valence-corrected chi connectivity index (χ0v) is 20.2. The van der Waals surface area contributed by atoms with Crippen LogP contribution in [0.4, 0.5) is 11.4 Å². The zero-order valence-electron chi connectivity index (χ0n) is 20.2. The molecule has 0 saturated carbocycles. The molecule has 176 valence electrons. The van der Waals surface area contributed by atoms with Crippen LogP contribution >= 0.6 is 0 Å². The first-order chi connectivity index (χ1) is 16.0. The van der Waals surface area contributed by atoms with Crippen molar-refractivity contribution in [1.82, 2.24) is 25.1 Å². The van der Waals surface area contributed by atoms with E-state index < -0.39 is 0 Å². The number of nitrogens with zero attached hydrogens (tertiary/aromatic N) is 6. The molecule has 8 nitrogen and oxygen atoms in total. The minimum absolute atomic E-state index is 0.371. The Labute approximate surface area is 195 Å². The molecule has 2 fully saturated rings. The predicted molar refractivity (Wildman–Crippen MR) is 132 cm³/mol. The summed E-state index contributed by atoms with van der Waals surface area (Å²) in [5, 5.41) is 9.10. The summed E-state index contributed by atoms with van der Waals surface area (Å²) in [7, 11) is 3.72. The van der Waals surface area contributed by atoms with Crippen LogP contribution < -0.4 is 15.1 Å². The van der Waals surface area contributed by atoms with E-state index in [9.17, 15) is 0 Å². The van der Waals surface area contributed by atoms with E-state index in [0.717, 1.165) is 68.9 Å². The van der Waals surface area contributed by atoms with Crippen LogP contribution in [-0.2, 0) is 11.8 Å². The standard InChI is InChI=1S/C25H35N7O/c1-17-11-21(32-10-7-26-20(15-32)16-33-4)13-27-24(17)19-5-8-31(9-6-19)23-12-18(2)29-25-22(23)14-28-30(25)3/h11-14,19-20,26H,5-10,15-16H2,1-4H3/t20-/m1/s1. The van der Waals surface area contributed by atoms with Crippen molar-refractivity contribution in [3.63, 3.8) is 0 Å². The molecule has 0 unspecified atom stereocenters. The maximum atomic E-state index is 5.34. The lowest BCUT2D eigenvalue weighted by atomic mass is 9.90. The summed E-state index contributed by atoms with van der Waals surface area (Å²) in [5.41, 5.74) is 7.05. The first-order valence-electron chi connectivity index (χ1n) is 12.0. The second kappa shape index (κ2) is 9.27. The van der Waals surface area contributed by atoms with Gasteiger partial charge in [0.05, 0.1) is 35.8 Å². The first kappa shape index (κ1) is 22.1. The van der Waals surface area contributed by atoms with Crippen LogP contribution in [0.1, 0.15) is 35.7 Å². The molecule has 8 heteroatoms. The molecule has 3 aromatic rings. The maximum Gasteiger partial charge on any atom is 0.159 e. The Bertz CT molecular complexity index is 1120. The van der Waals surface area contributed by atoms with Gasteiger partial charge in [-0.05, 0) is 44.4 Å². The highest BCUT2D eigenvalue weighted by molar-refractivity contribution is 5.89. The second-order valence-corrected chi connectivity index (χ2v) is 9.50. The van der Waals surface area contributed by atoms with Crippen molar-refractivity contribution in [2.45, 2.75) is 38.6 Å². The highest BCUT2D eigenvalue weighted by Gasteiger charge is 2.26. The Morgan fingerprint density at radius 3 is 2.67 bits per heavy atom. The van der Waals surface area contributed by atoms with Gasteiger partial charge in [-0.3, -0.25) is 9.67 Å². The highest BCUT2D eigenvalue weighted by Crippen LogP contribution is 2.35. The van der Waals surface area contributed by atoms with Crippen molar-refractivity contribution in [2.24, 2.45) is 7.05 Å². The van der Waals surface area contributed by atoms with E-state index in [1.54, 1.807) is 7.11 Å². The lowest BCUT2D eigenvalue weighted by Gasteiger charge is -2.36. The van der Waals surface area contributed by atoms with Crippen molar-refractivity contribution in [2.75, 3.05) is 56.2 Å². The zero-order chi connectivity index (χ0) is 22.9. The van der Waals surface area contributed by atoms with Gasteiger partial charge in [0.15, 0.2) is 5.65 Å². The number of fused-ring (bicyclic) bond motifs is 1. The summed E-state index contributed by atoms with van der Waals surface area (Å²) >= 11 is 0. The number of methoxy groups -OCH3 is 1. The van der Waals surface area contributed by atoms with E-state index in [0.29, 0.717) is 12.0 Å². The Kier molecular flexibility index (Phi) is 6.21. The molecule has 33 heavy (non-hydrogen) atoms. The Morgan fingerprint density at radius 2 is 1.91 bits per heavy atom. The van der Waals surface area contributed by atoms with Gasteiger partial charge in [-0.25, -0.2) is 4.98 Å². The van der Waals surface area contributed by atoms with E-state index in [1.165, 1.54) is 22.6 Å². The number of aromatic nitrogens is 4. The number of ether oxygens (including phenoxy) is 1. The van der Waals surface area contributed by atoms with Gasteiger partial charge in [0.2, 0.25) is 0 Å². The summed E-state index contributed by atoms with van der Waals surface area (Å²) in [6.45, 7) is 10.0. The fourth-order valence-corrected chi connectivity index (χ4v) is 5.42. The monoisotopic (exact) mass is 449 g/mol. The smallest absolute Gasteiger partial charge is 0.159 e. The van der Waals surface area contributed by atoms with E-state index in [4.69, 9.17) is 9.72 Å². The van der Waals surface area contributed by atoms with Crippen LogP contribution in [0.15, 0.2) is 24.5 Å². The van der Waals surface area contributed by atoms with Crippen molar-refractivity contribution in [3.8, 4) is 0 Å². The Balaban J connectivity index is 1.28. The average molecular weight is 450 g/mol. The third kappa shape index (κ3) is 4.42. The van der Waals surface area contributed by atoms with Crippen LogP contribution in [0.3, 0.4) is 0 Å². The summed E-state index contributed by atoms with van der Waals surface area (Å²) in [6, 6.07) is 4.90. The molecule has 0 aliphatic carbocycles. The van der Waals surface area contributed by atoms with Gasteiger partial charge in [-0.2, -0.15) is 5.10 Å². The molecule has 0 radical (unpaired) electrons. The molecular weight excluding hydrogens is 414 g/mol. The number of nitrogens with one attached hydrogen (secondary N) is 1. The average Bonchev–Trinajstić information content (AvgIpc) is 3.19. The van der Waals surface area contributed by atoms with Gasteiger partial charge in [0, 0.05) is 70.2 Å². The van der Waals surface area contributed by atoms with Crippen molar-refractivity contribution in [1.29, 1.82) is 0 Å². The predicted octanol–water partition coefficient (Wildman–Crippen LogP) is 2.79. The molecule has 0 spiro atoms. The number of aryl methyl sites for hydroxylation is 3. The van der Waals surface area contributed by atoms with E-state index in [1.807, 2.05) is 17.9 Å². The fourth-order valence-electron chi connectivity index (χ4n) is 5.42. The van der Waals surface area contributed by atoms with Gasteiger partial charge in [0.25, 0.3) is 0 Å². The molecule has 0 amide bonds. The molecule has 1 atom stereocenters. The fraction of sp³-hybridized carbons (Fsp3) is 0.560. The van der Waals surface area contributed by atoms with Gasteiger partial charge in [0.1, 0.15) is 0 Å². The van der Waals surface area contributed by atoms with Crippen LogP contribution in [-0.4, -0.2) is 72.2 Å². The van der Waals surface area contributed by atoms with E-state index in [-0.39, 0.29) is 0 Å². The lowest BCUT2D eigenvalue weighted by Crippen LogP contribution is -2.52. The van der Waals surface area contributed by atoms with E-state index in [2.05, 4.69) is 57.4 Å². The number of rotatable bonds is 5. The van der Waals surface area contributed by atoms with Gasteiger partial charge in [-0.1, -0.05) is 0 Å². The first-order valence-corrected chi connectivity index (χ1v) is 12.0. The molecule has 0 bridgehead atoms. The van der Waals surface area contributed by atoms with Crippen LogP contribution in [0.25, 0.3) is 11.0 Å². The van der Waals surface area contributed by atoms with Crippen LogP contribution in [0.5, 0.6) is 0 Å². The van der Waals surface area contributed by atoms with Gasteiger partial charge in [-0.15, -0.1) is 0 Å². The van der Waals surface area contributed by atoms with Crippen LogP contribution in [0.2, 0.25) is 0 Å². The summed E-state index contributed by atoms with van der Waals surface area (Å²) in [4.78, 5) is 14.6. The summed E-state index contributed by atoms with van der Waals surface area (Å²) < 4.78 is 7.21. The molecule has 5 heterocycles. The third-order valence-corrected chi connectivity index (χ3v) is 7.13. The van der Waals surface area contributed by atoms with E-state index >= 15 is 0 Å². The number of hydrogen-bond donors (Lipinski definition) is 1. The topological polar surface area (TPSA) is 71.3 Å². The summed E-state index contributed by atoms with van der Waals surface area (Å²) in [6.07, 6.45) is 6.25. The van der Waals surface area contributed by atoms with Crippen LogP contribution in [0, 0.1) is 13.8 Å². The van der Waals surface area contributed by atoms with Gasteiger partial charge < -0.3 is 19.9 Å². The minimum atomic E-state index is 0.371. The van der Waals surface area contributed by atoms with Crippen molar-refractivity contribution >= 4 is 22.4 Å². The molecule has 2 aliphatic rings. The molecule has 0 aromatic carbocycles. The number of anilines is 2. The normalized spacial score (nSPS) is 20.1. The quantitative estimate of drug-likeness (QED) is 0.642. The molecule has 3 aromatic heterocycles. The Hall–Kier alpha value is -2.71. The summed E-state index contributed by atoms with van der Waals surface area (Å²) in [5.74, 6) is 0.506. The van der Waals surface area contributed by atoms with Gasteiger partial charge >= 0.3 is 0 Å². The minimum Gasteiger partial charge on any atom is -0.383 e.